The van der Waals surface area contributed by atoms with Crippen LogP contribution in [0.15, 0.2) is 60.8 Å². The van der Waals surface area contributed by atoms with Gasteiger partial charge >= 0.3 is 5.97 Å². The number of hydrogen-bond acceptors (Lipinski definition) is 4. The summed E-state index contributed by atoms with van der Waals surface area (Å²) in [5.74, 6) is -1.39. The van der Waals surface area contributed by atoms with Crippen LogP contribution in [-0.2, 0) is 16.1 Å². The van der Waals surface area contributed by atoms with Crippen LogP contribution in [0.3, 0.4) is 0 Å². The van der Waals surface area contributed by atoms with Crippen LogP contribution < -0.4 is 0 Å². The number of halogens is 1. The molecule has 1 aliphatic rings. The molecule has 0 spiro atoms. The summed E-state index contributed by atoms with van der Waals surface area (Å²) in [7, 11) is 0. The molecule has 0 atom stereocenters. The molecule has 1 N–H and O–H groups in total. The van der Waals surface area contributed by atoms with E-state index in [1.165, 1.54) is 0 Å². The SMILES string of the molecule is O=C(O)/C=C/C(=O)N1CCN(Cc2c(-c3ccc(Cl)cc3)nc3ccccn23)CC1. The summed E-state index contributed by atoms with van der Waals surface area (Å²) < 4.78 is 2.09. The number of hydrogen-bond donors (Lipinski definition) is 1. The predicted molar refractivity (Wildman–Crippen MR) is 114 cm³/mol. The first kappa shape index (κ1) is 20.1. The number of carboxylic acids is 1. The molecule has 7 nitrogen and oxygen atoms in total. The molecule has 1 fully saturated rings. The summed E-state index contributed by atoms with van der Waals surface area (Å²) in [5.41, 5.74) is 3.88. The van der Waals surface area contributed by atoms with Gasteiger partial charge in [-0.1, -0.05) is 29.8 Å². The number of aromatic nitrogens is 2. The fourth-order valence-corrected chi connectivity index (χ4v) is 3.75. The van der Waals surface area contributed by atoms with Crippen molar-refractivity contribution in [3.63, 3.8) is 0 Å². The van der Waals surface area contributed by atoms with Crippen molar-refractivity contribution >= 4 is 29.1 Å². The molecule has 0 aliphatic carbocycles. The molecule has 2 aromatic heterocycles. The van der Waals surface area contributed by atoms with Gasteiger partial charge in [0.25, 0.3) is 0 Å². The molecule has 0 unspecified atom stereocenters. The number of carbonyl (C=O) groups is 2. The summed E-state index contributed by atoms with van der Waals surface area (Å²) in [6.45, 7) is 3.20. The van der Waals surface area contributed by atoms with Crippen LogP contribution >= 0.6 is 11.6 Å². The molecular formula is C22H21ClN4O3. The van der Waals surface area contributed by atoms with Crippen LogP contribution in [0.4, 0.5) is 0 Å². The number of piperazine rings is 1. The fourth-order valence-electron chi connectivity index (χ4n) is 3.62. The van der Waals surface area contributed by atoms with Gasteiger partial charge in [0.1, 0.15) is 5.65 Å². The predicted octanol–water partition coefficient (Wildman–Crippen LogP) is 2.94. The lowest BCUT2D eigenvalue weighted by Crippen LogP contribution is -2.48. The van der Waals surface area contributed by atoms with Gasteiger partial charge in [-0.15, -0.1) is 0 Å². The average molecular weight is 425 g/mol. The van der Waals surface area contributed by atoms with Gasteiger partial charge in [0.15, 0.2) is 0 Å². The van der Waals surface area contributed by atoms with E-state index in [2.05, 4.69) is 9.30 Å². The van der Waals surface area contributed by atoms with E-state index < -0.39 is 5.97 Å². The number of fused-ring (bicyclic) bond motifs is 1. The van der Waals surface area contributed by atoms with Crippen molar-refractivity contribution in [1.29, 1.82) is 0 Å². The smallest absolute Gasteiger partial charge is 0.328 e. The Kier molecular flexibility index (Phi) is 5.83. The molecule has 8 heteroatoms. The zero-order chi connectivity index (χ0) is 21.1. The largest absolute Gasteiger partial charge is 0.478 e. The highest BCUT2D eigenvalue weighted by atomic mass is 35.5. The Morgan fingerprint density at radius 3 is 2.47 bits per heavy atom. The Labute approximate surface area is 178 Å². The average Bonchev–Trinajstić information content (AvgIpc) is 3.11. The number of pyridine rings is 1. The van der Waals surface area contributed by atoms with Gasteiger partial charge in [-0.05, 0) is 24.3 Å². The Bertz CT molecular complexity index is 1100. The minimum atomic E-state index is -1.12. The second kappa shape index (κ2) is 8.69. The van der Waals surface area contributed by atoms with E-state index >= 15 is 0 Å². The van der Waals surface area contributed by atoms with Crippen LogP contribution in [0.2, 0.25) is 5.02 Å². The Morgan fingerprint density at radius 2 is 1.77 bits per heavy atom. The summed E-state index contributed by atoms with van der Waals surface area (Å²) in [5, 5.41) is 9.37. The van der Waals surface area contributed by atoms with E-state index in [1.807, 2.05) is 48.7 Å². The van der Waals surface area contributed by atoms with Gasteiger partial charge in [-0.2, -0.15) is 0 Å². The number of benzene rings is 1. The lowest BCUT2D eigenvalue weighted by atomic mass is 10.1. The first-order chi connectivity index (χ1) is 14.5. The van der Waals surface area contributed by atoms with Gasteiger partial charge in [-0.3, -0.25) is 9.69 Å². The van der Waals surface area contributed by atoms with E-state index in [1.54, 1.807) is 4.90 Å². The zero-order valence-corrected chi connectivity index (χ0v) is 17.0. The fraction of sp³-hybridized carbons (Fsp3) is 0.227. The summed E-state index contributed by atoms with van der Waals surface area (Å²) >= 11 is 6.05. The quantitative estimate of drug-likeness (QED) is 0.637. The van der Waals surface area contributed by atoms with Crippen LogP contribution in [0.5, 0.6) is 0 Å². The van der Waals surface area contributed by atoms with Crippen LogP contribution in [0, 0.1) is 0 Å². The topological polar surface area (TPSA) is 78.2 Å². The van der Waals surface area contributed by atoms with Crippen molar-refractivity contribution < 1.29 is 14.7 Å². The van der Waals surface area contributed by atoms with Crippen molar-refractivity contribution in [3.8, 4) is 11.3 Å². The molecule has 4 rings (SSSR count). The molecule has 0 radical (unpaired) electrons. The number of nitrogens with zero attached hydrogens (tertiary/aromatic N) is 4. The third kappa shape index (κ3) is 4.37. The number of aliphatic carboxylic acids is 1. The van der Waals surface area contributed by atoms with E-state index in [0.717, 1.165) is 34.8 Å². The molecule has 1 amide bonds. The van der Waals surface area contributed by atoms with Crippen molar-refractivity contribution in [3.05, 3.63) is 71.5 Å². The summed E-state index contributed by atoms with van der Waals surface area (Å²) in [6, 6.07) is 13.6. The molecule has 0 bridgehead atoms. The second-order valence-electron chi connectivity index (χ2n) is 7.12. The molecule has 0 saturated carbocycles. The highest BCUT2D eigenvalue weighted by Gasteiger charge is 2.23. The summed E-state index contributed by atoms with van der Waals surface area (Å²) in [6.07, 6.45) is 4.00. The minimum absolute atomic E-state index is 0.270. The normalized spacial score (nSPS) is 15.2. The molecule has 30 heavy (non-hydrogen) atoms. The number of carbonyl (C=O) groups excluding carboxylic acids is 1. The third-order valence-electron chi connectivity index (χ3n) is 5.17. The monoisotopic (exact) mass is 424 g/mol. The Hall–Kier alpha value is -3.16. The van der Waals surface area contributed by atoms with Gasteiger partial charge in [-0.25, -0.2) is 9.78 Å². The van der Waals surface area contributed by atoms with E-state index in [9.17, 15) is 9.59 Å². The zero-order valence-electron chi connectivity index (χ0n) is 16.2. The molecule has 3 heterocycles. The Balaban J connectivity index is 1.53. The second-order valence-corrected chi connectivity index (χ2v) is 7.55. The van der Waals surface area contributed by atoms with Crippen LogP contribution in [-0.4, -0.2) is 62.3 Å². The number of rotatable bonds is 5. The molecule has 1 saturated heterocycles. The van der Waals surface area contributed by atoms with Gasteiger partial charge in [0.2, 0.25) is 5.91 Å². The first-order valence-electron chi connectivity index (χ1n) is 9.65. The first-order valence-corrected chi connectivity index (χ1v) is 10.0. The van der Waals surface area contributed by atoms with Gasteiger partial charge in [0, 0.05) is 61.7 Å². The van der Waals surface area contributed by atoms with Gasteiger partial charge in [0.05, 0.1) is 11.4 Å². The molecule has 3 aromatic rings. The number of carboxylic acid groups (broad SMARTS) is 1. The summed E-state index contributed by atoms with van der Waals surface area (Å²) in [4.78, 5) is 31.5. The van der Waals surface area contributed by atoms with Crippen LogP contribution in [0.1, 0.15) is 5.69 Å². The van der Waals surface area contributed by atoms with Gasteiger partial charge < -0.3 is 14.4 Å². The maximum atomic E-state index is 12.1. The number of amides is 1. The Morgan fingerprint density at radius 1 is 1.03 bits per heavy atom. The van der Waals surface area contributed by atoms with Crippen molar-refractivity contribution in [2.24, 2.45) is 0 Å². The lowest BCUT2D eigenvalue weighted by Gasteiger charge is -2.34. The molecular weight excluding hydrogens is 404 g/mol. The standard InChI is InChI=1S/C22H21ClN4O3/c23-17-6-4-16(5-7-17)22-18(27-10-2-1-3-19(27)24-22)15-25-11-13-26(14-12-25)20(28)8-9-21(29)30/h1-10H,11-15H2,(H,29,30)/b9-8+. The third-order valence-corrected chi connectivity index (χ3v) is 5.42. The van der Waals surface area contributed by atoms with E-state index in [0.29, 0.717) is 37.7 Å². The highest BCUT2D eigenvalue weighted by molar-refractivity contribution is 6.30. The van der Waals surface area contributed by atoms with Crippen molar-refractivity contribution in [2.75, 3.05) is 26.2 Å². The highest BCUT2D eigenvalue weighted by Crippen LogP contribution is 2.27. The maximum absolute atomic E-state index is 12.1. The minimum Gasteiger partial charge on any atom is -0.478 e. The molecule has 1 aliphatic heterocycles. The maximum Gasteiger partial charge on any atom is 0.328 e. The van der Waals surface area contributed by atoms with E-state index in [4.69, 9.17) is 21.7 Å². The lowest BCUT2D eigenvalue weighted by molar-refractivity contribution is -0.132. The van der Waals surface area contributed by atoms with E-state index in [-0.39, 0.29) is 5.91 Å². The molecule has 154 valence electrons. The van der Waals surface area contributed by atoms with Crippen molar-refractivity contribution in [2.45, 2.75) is 6.54 Å². The van der Waals surface area contributed by atoms with Crippen LogP contribution in [0.25, 0.3) is 16.9 Å². The van der Waals surface area contributed by atoms with Crippen molar-refractivity contribution in [1.82, 2.24) is 19.2 Å². The molecule has 1 aromatic carbocycles. The number of imidazole rings is 1.